The molecule has 0 aliphatic rings. The van der Waals surface area contributed by atoms with Crippen molar-refractivity contribution < 1.29 is 9.59 Å². The fraction of sp³-hybridized carbons (Fsp3) is 0.467. The first-order chi connectivity index (χ1) is 9.49. The molecular weight excluding hydrogens is 254 g/mol. The predicted molar refractivity (Wildman–Crippen MR) is 79.0 cm³/mol. The molecule has 0 spiro atoms. The molecule has 0 fully saturated rings. The summed E-state index contributed by atoms with van der Waals surface area (Å²) in [7, 11) is 0. The summed E-state index contributed by atoms with van der Waals surface area (Å²) < 4.78 is 0. The highest BCUT2D eigenvalue weighted by molar-refractivity contribution is 5.87. The van der Waals surface area contributed by atoms with Crippen molar-refractivity contribution in [3.63, 3.8) is 0 Å². The van der Waals surface area contributed by atoms with Gasteiger partial charge in [-0.25, -0.2) is 0 Å². The number of carbonyl (C=O) groups is 2. The number of nitrogens with two attached hydrogens (primary N) is 1. The van der Waals surface area contributed by atoms with E-state index in [9.17, 15) is 9.59 Å². The van der Waals surface area contributed by atoms with Crippen LogP contribution in [0.5, 0.6) is 0 Å². The molecule has 0 saturated heterocycles. The molecule has 1 rings (SSSR count). The van der Waals surface area contributed by atoms with Gasteiger partial charge in [-0.1, -0.05) is 44.2 Å². The van der Waals surface area contributed by atoms with Crippen LogP contribution < -0.4 is 16.4 Å². The Hall–Kier alpha value is -1.88. The zero-order chi connectivity index (χ0) is 15.0. The lowest BCUT2D eigenvalue weighted by Crippen LogP contribution is -2.46. The molecule has 110 valence electrons. The van der Waals surface area contributed by atoms with E-state index in [2.05, 4.69) is 10.6 Å². The van der Waals surface area contributed by atoms with Crippen LogP contribution in [0.25, 0.3) is 0 Å². The van der Waals surface area contributed by atoms with Gasteiger partial charge in [-0.2, -0.15) is 0 Å². The summed E-state index contributed by atoms with van der Waals surface area (Å²) in [6.45, 7) is 4.59. The largest absolute Gasteiger partial charge is 0.354 e. The summed E-state index contributed by atoms with van der Waals surface area (Å²) in [5.74, 6) is -0.123. The van der Waals surface area contributed by atoms with Crippen molar-refractivity contribution >= 4 is 11.8 Å². The number of hydrogen-bond acceptors (Lipinski definition) is 3. The Balaban J connectivity index is 2.30. The van der Waals surface area contributed by atoms with Crippen molar-refractivity contribution in [2.24, 2.45) is 11.7 Å². The molecule has 4 N–H and O–H groups in total. The molecule has 1 atom stereocenters. The first kappa shape index (κ1) is 16.2. The lowest BCUT2D eigenvalue weighted by molar-refractivity contribution is -0.126. The number of benzene rings is 1. The van der Waals surface area contributed by atoms with Crippen LogP contribution in [0.3, 0.4) is 0 Å². The van der Waals surface area contributed by atoms with E-state index < -0.39 is 6.04 Å². The van der Waals surface area contributed by atoms with Crippen molar-refractivity contribution in [2.45, 2.75) is 26.3 Å². The van der Waals surface area contributed by atoms with Gasteiger partial charge in [0.1, 0.15) is 0 Å². The summed E-state index contributed by atoms with van der Waals surface area (Å²) in [6.07, 6.45) is 0.459. The molecular formula is C15H23N3O2. The number of rotatable bonds is 7. The van der Waals surface area contributed by atoms with E-state index in [1.165, 1.54) is 0 Å². The normalized spacial score (nSPS) is 12.0. The molecule has 0 aromatic heterocycles. The second-order valence-electron chi connectivity index (χ2n) is 5.21. The summed E-state index contributed by atoms with van der Waals surface area (Å²) in [5.41, 5.74) is 6.81. The van der Waals surface area contributed by atoms with Crippen molar-refractivity contribution in [1.29, 1.82) is 0 Å². The van der Waals surface area contributed by atoms with E-state index >= 15 is 0 Å². The van der Waals surface area contributed by atoms with Gasteiger partial charge in [0.25, 0.3) is 0 Å². The Morgan fingerprint density at radius 1 is 1.15 bits per heavy atom. The molecule has 1 unspecified atom stereocenters. The standard InChI is InChI=1S/C15H23N3O2/c1-11(2)9-17-14(19)10-18-15(20)13(16)8-12-6-4-3-5-7-12/h3-7,11,13H,8-10,16H2,1-2H3,(H,17,19)(H,18,20). The van der Waals surface area contributed by atoms with Gasteiger partial charge in [-0.3, -0.25) is 9.59 Å². The predicted octanol–water partition coefficient (Wildman–Crippen LogP) is 0.445. The fourth-order valence-electron chi connectivity index (χ4n) is 1.64. The second kappa shape index (κ2) is 8.32. The van der Waals surface area contributed by atoms with Crippen LogP contribution in [0, 0.1) is 5.92 Å². The van der Waals surface area contributed by atoms with E-state index in [0.29, 0.717) is 18.9 Å². The van der Waals surface area contributed by atoms with Gasteiger partial charge in [0.05, 0.1) is 12.6 Å². The van der Waals surface area contributed by atoms with Gasteiger partial charge in [0.2, 0.25) is 11.8 Å². The minimum atomic E-state index is -0.643. The third-order valence-corrected chi connectivity index (χ3v) is 2.77. The van der Waals surface area contributed by atoms with Crippen LogP contribution in [0.2, 0.25) is 0 Å². The highest BCUT2D eigenvalue weighted by Crippen LogP contribution is 2.01. The van der Waals surface area contributed by atoms with Crippen LogP contribution in [0.1, 0.15) is 19.4 Å². The molecule has 0 radical (unpaired) electrons. The van der Waals surface area contributed by atoms with Crippen molar-refractivity contribution in [1.82, 2.24) is 10.6 Å². The molecule has 1 aromatic carbocycles. The zero-order valence-corrected chi connectivity index (χ0v) is 12.1. The monoisotopic (exact) mass is 277 g/mol. The zero-order valence-electron chi connectivity index (χ0n) is 12.1. The molecule has 2 amide bonds. The van der Waals surface area contributed by atoms with Crippen LogP contribution in [-0.2, 0) is 16.0 Å². The molecule has 0 saturated carbocycles. The Morgan fingerprint density at radius 3 is 2.40 bits per heavy atom. The minimum Gasteiger partial charge on any atom is -0.354 e. The van der Waals surface area contributed by atoms with Gasteiger partial charge in [0, 0.05) is 6.54 Å². The number of carbonyl (C=O) groups excluding carboxylic acids is 2. The van der Waals surface area contributed by atoms with Crippen LogP contribution in [0.15, 0.2) is 30.3 Å². The first-order valence-corrected chi connectivity index (χ1v) is 6.83. The van der Waals surface area contributed by atoms with E-state index in [1.807, 2.05) is 44.2 Å². The number of hydrogen-bond donors (Lipinski definition) is 3. The fourth-order valence-corrected chi connectivity index (χ4v) is 1.64. The van der Waals surface area contributed by atoms with Crippen LogP contribution in [-0.4, -0.2) is 30.9 Å². The number of nitrogens with one attached hydrogen (secondary N) is 2. The minimum absolute atomic E-state index is 0.0337. The van der Waals surface area contributed by atoms with Crippen molar-refractivity contribution in [3.05, 3.63) is 35.9 Å². The van der Waals surface area contributed by atoms with E-state index in [4.69, 9.17) is 5.73 Å². The quantitative estimate of drug-likeness (QED) is 0.676. The maximum atomic E-state index is 11.8. The first-order valence-electron chi connectivity index (χ1n) is 6.83. The van der Waals surface area contributed by atoms with E-state index in [0.717, 1.165) is 5.56 Å². The molecule has 0 aliphatic carbocycles. The van der Waals surface area contributed by atoms with Gasteiger partial charge < -0.3 is 16.4 Å². The SMILES string of the molecule is CC(C)CNC(=O)CNC(=O)C(N)Cc1ccccc1. The Labute approximate surface area is 119 Å². The molecule has 1 aromatic rings. The van der Waals surface area contributed by atoms with Crippen LogP contribution >= 0.6 is 0 Å². The van der Waals surface area contributed by atoms with E-state index in [1.54, 1.807) is 0 Å². The third kappa shape index (κ3) is 6.33. The lowest BCUT2D eigenvalue weighted by atomic mass is 10.1. The third-order valence-electron chi connectivity index (χ3n) is 2.77. The maximum Gasteiger partial charge on any atom is 0.239 e. The highest BCUT2D eigenvalue weighted by Gasteiger charge is 2.14. The second-order valence-corrected chi connectivity index (χ2v) is 5.21. The molecule has 5 heteroatoms. The summed E-state index contributed by atoms with van der Waals surface area (Å²) in [6, 6.07) is 8.91. The Kier molecular flexibility index (Phi) is 6.73. The lowest BCUT2D eigenvalue weighted by Gasteiger charge is -2.13. The number of amides is 2. The van der Waals surface area contributed by atoms with Gasteiger partial charge in [0.15, 0.2) is 0 Å². The summed E-state index contributed by atoms with van der Waals surface area (Å²) >= 11 is 0. The Morgan fingerprint density at radius 2 is 1.80 bits per heavy atom. The molecule has 0 aliphatic heterocycles. The van der Waals surface area contributed by atoms with Crippen LogP contribution in [0.4, 0.5) is 0 Å². The molecule has 0 heterocycles. The maximum absolute atomic E-state index is 11.8. The van der Waals surface area contributed by atoms with Crippen molar-refractivity contribution in [3.8, 4) is 0 Å². The topological polar surface area (TPSA) is 84.2 Å². The average molecular weight is 277 g/mol. The molecule has 0 bridgehead atoms. The Bertz CT molecular complexity index is 432. The summed E-state index contributed by atoms with van der Waals surface area (Å²) in [4.78, 5) is 23.2. The van der Waals surface area contributed by atoms with Crippen molar-refractivity contribution in [2.75, 3.05) is 13.1 Å². The van der Waals surface area contributed by atoms with Gasteiger partial charge >= 0.3 is 0 Å². The smallest absolute Gasteiger partial charge is 0.239 e. The average Bonchev–Trinajstić information content (AvgIpc) is 2.43. The molecule has 20 heavy (non-hydrogen) atoms. The van der Waals surface area contributed by atoms with Gasteiger partial charge in [-0.05, 0) is 17.9 Å². The van der Waals surface area contributed by atoms with E-state index in [-0.39, 0.29) is 18.4 Å². The van der Waals surface area contributed by atoms with Gasteiger partial charge in [-0.15, -0.1) is 0 Å². The summed E-state index contributed by atoms with van der Waals surface area (Å²) in [5, 5.41) is 5.28. The molecule has 5 nitrogen and oxygen atoms in total. The highest BCUT2D eigenvalue weighted by atomic mass is 16.2.